The van der Waals surface area contributed by atoms with Gasteiger partial charge in [-0.1, -0.05) is 30.3 Å². The molecule has 7 heteroatoms. The lowest BCUT2D eigenvalue weighted by molar-refractivity contribution is 0.351. The van der Waals surface area contributed by atoms with Gasteiger partial charge in [-0.15, -0.1) is 35.7 Å². The summed E-state index contributed by atoms with van der Waals surface area (Å²) in [7, 11) is 5.05. The molecule has 0 aliphatic carbocycles. The van der Waals surface area contributed by atoms with Crippen molar-refractivity contribution in [3.63, 3.8) is 0 Å². The number of aliphatic imine (C=N–C) groups is 1. The Morgan fingerprint density at radius 1 is 1.00 bits per heavy atom. The highest BCUT2D eigenvalue weighted by atomic mass is 127. The zero-order valence-corrected chi connectivity index (χ0v) is 18.5. The molecule has 0 amide bonds. The third-order valence-electron chi connectivity index (χ3n) is 3.56. The Morgan fingerprint density at radius 3 is 2.42 bits per heavy atom. The van der Waals surface area contributed by atoms with Crippen LogP contribution in [0.4, 0.5) is 0 Å². The van der Waals surface area contributed by atoms with Crippen LogP contribution in [0, 0.1) is 0 Å². The van der Waals surface area contributed by atoms with Gasteiger partial charge in [0.25, 0.3) is 0 Å². The van der Waals surface area contributed by atoms with E-state index in [1.54, 1.807) is 21.3 Å². The molecule has 0 fully saturated rings. The summed E-state index contributed by atoms with van der Waals surface area (Å²) in [5.74, 6) is 3.20. The molecule has 0 heterocycles. The fourth-order valence-corrected chi connectivity index (χ4v) is 3.14. The fraction of sp³-hybridized carbons (Fsp3) is 0.316. The van der Waals surface area contributed by atoms with E-state index < -0.39 is 0 Å². The minimum atomic E-state index is 0. The van der Waals surface area contributed by atoms with E-state index in [9.17, 15) is 0 Å². The third-order valence-corrected chi connectivity index (χ3v) is 4.57. The summed E-state index contributed by atoms with van der Waals surface area (Å²) in [6.45, 7) is 1.43. The van der Waals surface area contributed by atoms with E-state index in [2.05, 4.69) is 39.9 Å². The molecule has 2 aromatic carbocycles. The first-order valence-corrected chi connectivity index (χ1v) is 9.09. The van der Waals surface area contributed by atoms with Gasteiger partial charge in [0.1, 0.15) is 0 Å². The molecule has 0 unspecified atom stereocenters. The first kappa shape index (κ1) is 22.4. The molecule has 2 N–H and O–H groups in total. The van der Waals surface area contributed by atoms with Gasteiger partial charge in [-0.2, -0.15) is 0 Å². The van der Waals surface area contributed by atoms with Crippen LogP contribution < -0.4 is 20.1 Å². The number of thioether (sulfide) groups is 1. The number of para-hydroxylation sites is 1. The van der Waals surface area contributed by atoms with E-state index in [-0.39, 0.29) is 24.0 Å². The number of hydrogen-bond acceptors (Lipinski definition) is 4. The van der Waals surface area contributed by atoms with Crippen LogP contribution in [-0.4, -0.2) is 39.5 Å². The molecule has 0 aromatic heterocycles. The van der Waals surface area contributed by atoms with Crippen molar-refractivity contribution < 1.29 is 9.47 Å². The van der Waals surface area contributed by atoms with E-state index in [0.717, 1.165) is 35.3 Å². The highest BCUT2D eigenvalue weighted by Crippen LogP contribution is 2.30. The Hall–Kier alpha value is -1.61. The van der Waals surface area contributed by atoms with Crippen molar-refractivity contribution in [2.75, 3.05) is 33.6 Å². The SMILES string of the molecule is CN=C(NCCSc1ccccc1)NCc1cccc(OC)c1OC.I. The largest absolute Gasteiger partial charge is 0.493 e. The topological polar surface area (TPSA) is 54.9 Å². The van der Waals surface area contributed by atoms with Gasteiger partial charge in [0, 0.05) is 36.3 Å². The maximum Gasteiger partial charge on any atom is 0.191 e. The van der Waals surface area contributed by atoms with Gasteiger partial charge in [0.05, 0.1) is 14.2 Å². The lowest BCUT2D eigenvalue weighted by atomic mass is 10.2. The van der Waals surface area contributed by atoms with Crippen molar-refractivity contribution in [1.82, 2.24) is 10.6 Å². The van der Waals surface area contributed by atoms with Crippen LogP contribution in [0.25, 0.3) is 0 Å². The monoisotopic (exact) mass is 487 g/mol. The molecule has 0 saturated carbocycles. The van der Waals surface area contributed by atoms with Crippen molar-refractivity contribution in [3.8, 4) is 11.5 Å². The highest BCUT2D eigenvalue weighted by Gasteiger charge is 2.09. The van der Waals surface area contributed by atoms with Gasteiger partial charge >= 0.3 is 0 Å². The normalized spacial score (nSPS) is 10.7. The van der Waals surface area contributed by atoms with E-state index in [1.807, 2.05) is 36.0 Å². The van der Waals surface area contributed by atoms with Crippen molar-refractivity contribution in [3.05, 3.63) is 54.1 Å². The number of nitrogens with one attached hydrogen (secondary N) is 2. The van der Waals surface area contributed by atoms with Gasteiger partial charge in [0.15, 0.2) is 17.5 Å². The molecule has 26 heavy (non-hydrogen) atoms. The minimum Gasteiger partial charge on any atom is -0.493 e. The van der Waals surface area contributed by atoms with Gasteiger partial charge in [0.2, 0.25) is 0 Å². The quantitative estimate of drug-likeness (QED) is 0.195. The summed E-state index contributed by atoms with van der Waals surface area (Å²) in [6.07, 6.45) is 0. The molecule has 2 aromatic rings. The molecule has 142 valence electrons. The Morgan fingerprint density at radius 2 is 1.77 bits per heavy atom. The zero-order valence-electron chi connectivity index (χ0n) is 15.3. The summed E-state index contributed by atoms with van der Waals surface area (Å²) in [6, 6.07) is 16.2. The van der Waals surface area contributed by atoms with E-state index >= 15 is 0 Å². The van der Waals surface area contributed by atoms with Crippen LogP contribution in [0.15, 0.2) is 58.4 Å². The number of ether oxygens (including phenoxy) is 2. The molecule has 0 bridgehead atoms. The van der Waals surface area contributed by atoms with Crippen LogP contribution in [0.2, 0.25) is 0 Å². The number of guanidine groups is 1. The second-order valence-corrected chi connectivity index (χ2v) is 6.34. The molecule has 0 aliphatic rings. The van der Waals surface area contributed by atoms with Crippen LogP contribution in [0.3, 0.4) is 0 Å². The lowest BCUT2D eigenvalue weighted by Crippen LogP contribution is -2.38. The number of halogens is 1. The van der Waals surface area contributed by atoms with E-state index in [0.29, 0.717) is 6.54 Å². The van der Waals surface area contributed by atoms with Crippen molar-refractivity contribution >= 4 is 41.7 Å². The first-order valence-electron chi connectivity index (χ1n) is 8.10. The summed E-state index contributed by atoms with van der Waals surface area (Å²) < 4.78 is 10.8. The summed E-state index contributed by atoms with van der Waals surface area (Å²) in [4.78, 5) is 5.53. The standard InChI is InChI=1S/C19H25N3O2S.HI/c1-20-19(21-12-13-25-16-9-5-4-6-10-16)22-14-15-8-7-11-17(23-2)18(15)24-3;/h4-11H,12-14H2,1-3H3,(H2,20,21,22);1H. The molecule has 0 atom stereocenters. The lowest BCUT2D eigenvalue weighted by Gasteiger charge is -2.15. The van der Waals surface area contributed by atoms with Gasteiger partial charge in [-0.3, -0.25) is 4.99 Å². The predicted octanol–water partition coefficient (Wildman–Crippen LogP) is 3.78. The highest BCUT2D eigenvalue weighted by molar-refractivity contribution is 14.0. The number of nitrogens with zero attached hydrogens (tertiary/aromatic N) is 1. The summed E-state index contributed by atoms with van der Waals surface area (Å²) >= 11 is 1.82. The Labute approximate surface area is 177 Å². The van der Waals surface area contributed by atoms with Crippen molar-refractivity contribution in [2.45, 2.75) is 11.4 Å². The predicted molar refractivity (Wildman–Crippen MR) is 120 cm³/mol. The van der Waals surface area contributed by atoms with E-state index in [1.165, 1.54) is 4.90 Å². The molecule has 0 saturated heterocycles. The molecule has 0 radical (unpaired) electrons. The molecule has 2 rings (SSSR count). The summed E-state index contributed by atoms with van der Waals surface area (Å²) in [5, 5.41) is 6.63. The van der Waals surface area contributed by atoms with Gasteiger partial charge in [-0.05, 0) is 18.2 Å². The van der Waals surface area contributed by atoms with E-state index in [4.69, 9.17) is 9.47 Å². The van der Waals surface area contributed by atoms with Crippen molar-refractivity contribution in [1.29, 1.82) is 0 Å². The maximum absolute atomic E-state index is 5.45. The minimum absolute atomic E-state index is 0. The Balaban J connectivity index is 0.00000338. The fourth-order valence-electron chi connectivity index (χ4n) is 2.35. The summed E-state index contributed by atoms with van der Waals surface area (Å²) in [5.41, 5.74) is 1.02. The first-order chi connectivity index (χ1) is 12.3. The number of rotatable bonds is 8. The third kappa shape index (κ3) is 6.95. The number of hydrogen-bond donors (Lipinski definition) is 2. The average molecular weight is 487 g/mol. The Bertz CT molecular complexity index is 684. The van der Waals surface area contributed by atoms with Crippen molar-refractivity contribution in [2.24, 2.45) is 4.99 Å². The second-order valence-electron chi connectivity index (χ2n) is 5.17. The van der Waals surface area contributed by atoms with Crippen LogP contribution in [0.5, 0.6) is 11.5 Å². The second kappa shape index (κ2) is 12.7. The molecule has 5 nitrogen and oxygen atoms in total. The van der Waals surface area contributed by atoms with Crippen LogP contribution in [-0.2, 0) is 6.54 Å². The smallest absolute Gasteiger partial charge is 0.191 e. The molecular weight excluding hydrogens is 461 g/mol. The van der Waals surface area contributed by atoms with Crippen LogP contribution in [0.1, 0.15) is 5.56 Å². The van der Waals surface area contributed by atoms with Gasteiger partial charge in [-0.25, -0.2) is 0 Å². The molecule has 0 spiro atoms. The van der Waals surface area contributed by atoms with Gasteiger partial charge < -0.3 is 20.1 Å². The number of benzene rings is 2. The zero-order chi connectivity index (χ0) is 17.9. The molecular formula is C19H26IN3O2S. The molecule has 0 aliphatic heterocycles. The van der Waals surface area contributed by atoms with Crippen LogP contribution >= 0.6 is 35.7 Å². The Kier molecular flexibility index (Phi) is 11.0. The maximum atomic E-state index is 5.45. The average Bonchev–Trinajstić information content (AvgIpc) is 2.67. The number of methoxy groups -OCH3 is 2.